The Morgan fingerprint density at radius 1 is 1.39 bits per heavy atom. The molecule has 4 nitrogen and oxygen atoms in total. The van der Waals surface area contributed by atoms with E-state index in [1.807, 2.05) is 0 Å². The van der Waals surface area contributed by atoms with E-state index in [4.69, 9.17) is 16.1 Å². The summed E-state index contributed by atoms with van der Waals surface area (Å²) in [4.78, 5) is 4.15. The molecule has 18 heavy (non-hydrogen) atoms. The number of benzene rings is 1. The van der Waals surface area contributed by atoms with Gasteiger partial charge < -0.3 is 9.63 Å². The van der Waals surface area contributed by atoms with E-state index in [9.17, 15) is 9.50 Å². The lowest BCUT2D eigenvalue weighted by Gasteiger charge is -2.07. The molecule has 1 N–H and O–H groups in total. The van der Waals surface area contributed by atoms with E-state index in [1.165, 1.54) is 18.2 Å². The third-order valence-electron chi connectivity index (χ3n) is 2.73. The highest BCUT2D eigenvalue weighted by atomic mass is 35.5. The van der Waals surface area contributed by atoms with Crippen LogP contribution >= 0.6 is 11.6 Å². The summed E-state index contributed by atoms with van der Waals surface area (Å²) in [6, 6.07) is 4.19. The molecule has 0 amide bonds. The molecule has 0 bridgehead atoms. The summed E-state index contributed by atoms with van der Waals surface area (Å²) in [6.45, 7) is 3.42. The summed E-state index contributed by atoms with van der Waals surface area (Å²) in [5.74, 6) is -0.108. The molecule has 2 unspecified atom stereocenters. The normalized spacial score (nSPS) is 14.5. The molecule has 6 heteroatoms. The van der Waals surface area contributed by atoms with Crippen molar-refractivity contribution in [2.24, 2.45) is 0 Å². The quantitative estimate of drug-likeness (QED) is 0.931. The van der Waals surface area contributed by atoms with Gasteiger partial charge in [0.1, 0.15) is 5.82 Å². The first-order valence-corrected chi connectivity index (χ1v) is 5.84. The van der Waals surface area contributed by atoms with Gasteiger partial charge in [-0.2, -0.15) is 4.98 Å². The Labute approximate surface area is 108 Å². The number of hydrogen-bond acceptors (Lipinski definition) is 4. The minimum absolute atomic E-state index is 0.00225. The maximum Gasteiger partial charge on any atom is 0.232 e. The van der Waals surface area contributed by atoms with Crippen molar-refractivity contribution in [2.75, 3.05) is 0 Å². The molecule has 0 saturated heterocycles. The van der Waals surface area contributed by atoms with Crippen molar-refractivity contribution >= 4 is 11.6 Å². The largest absolute Gasteiger partial charge is 0.393 e. The zero-order chi connectivity index (χ0) is 13.3. The van der Waals surface area contributed by atoms with E-state index in [1.54, 1.807) is 13.8 Å². The minimum atomic E-state index is -0.588. The SMILES string of the molecule is CC(O)C(C)c1nc(-c2ccc(F)c(Cl)c2)no1. The van der Waals surface area contributed by atoms with Gasteiger partial charge in [-0.25, -0.2) is 4.39 Å². The van der Waals surface area contributed by atoms with E-state index in [0.717, 1.165) is 0 Å². The summed E-state index contributed by atoms with van der Waals surface area (Å²) < 4.78 is 18.1. The topological polar surface area (TPSA) is 59.2 Å². The number of nitrogens with zero attached hydrogens (tertiary/aromatic N) is 2. The standard InChI is InChI=1S/C12H12ClFN2O2/c1-6(7(2)17)12-15-11(16-18-12)8-3-4-10(14)9(13)5-8/h3-7,17H,1-2H3. The first kappa shape index (κ1) is 13.0. The van der Waals surface area contributed by atoms with Gasteiger partial charge >= 0.3 is 0 Å². The molecule has 0 aliphatic rings. The molecule has 0 fully saturated rings. The van der Waals surface area contributed by atoms with Crippen LogP contribution in [0.5, 0.6) is 0 Å². The number of aliphatic hydroxyl groups is 1. The van der Waals surface area contributed by atoms with E-state index < -0.39 is 11.9 Å². The van der Waals surface area contributed by atoms with Gasteiger partial charge in [-0.3, -0.25) is 0 Å². The first-order valence-electron chi connectivity index (χ1n) is 5.46. The van der Waals surface area contributed by atoms with Crippen LogP contribution in [0.2, 0.25) is 5.02 Å². The maximum absolute atomic E-state index is 13.0. The van der Waals surface area contributed by atoms with E-state index in [0.29, 0.717) is 17.3 Å². The molecule has 0 aliphatic carbocycles. The van der Waals surface area contributed by atoms with Crippen LogP contribution in [0.25, 0.3) is 11.4 Å². The van der Waals surface area contributed by atoms with Gasteiger partial charge in [-0.1, -0.05) is 23.7 Å². The van der Waals surface area contributed by atoms with Crippen molar-refractivity contribution < 1.29 is 14.0 Å². The van der Waals surface area contributed by atoms with Crippen molar-refractivity contribution in [3.05, 3.63) is 34.9 Å². The van der Waals surface area contributed by atoms with Crippen LogP contribution in [0.3, 0.4) is 0 Å². The van der Waals surface area contributed by atoms with Gasteiger partial charge in [-0.15, -0.1) is 0 Å². The Balaban J connectivity index is 2.32. The second-order valence-corrected chi connectivity index (χ2v) is 4.52. The molecule has 2 aromatic rings. The van der Waals surface area contributed by atoms with Gasteiger partial charge in [0.15, 0.2) is 0 Å². The minimum Gasteiger partial charge on any atom is -0.393 e. The van der Waals surface area contributed by atoms with Crippen LogP contribution in [-0.4, -0.2) is 21.4 Å². The lowest BCUT2D eigenvalue weighted by atomic mass is 10.1. The molecular weight excluding hydrogens is 259 g/mol. The fraction of sp³-hybridized carbons (Fsp3) is 0.333. The van der Waals surface area contributed by atoms with Crippen LogP contribution in [0.15, 0.2) is 22.7 Å². The van der Waals surface area contributed by atoms with Crippen molar-refractivity contribution in [2.45, 2.75) is 25.9 Å². The Hall–Kier alpha value is -1.46. The average Bonchev–Trinajstić information content (AvgIpc) is 2.81. The van der Waals surface area contributed by atoms with Crippen molar-refractivity contribution in [1.82, 2.24) is 10.1 Å². The maximum atomic E-state index is 13.0. The molecule has 1 aromatic heterocycles. The van der Waals surface area contributed by atoms with Crippen molar-refractivity contribution in [3.8, 4) is 11.4 Å². The monoisotopic (exact) mass is 270 g/mol. The molecule has 1 aromatic carbocycles. The number of hydrogen-bond donors (Lipinski definition) is 1. The molecule has 96 valence electrons. The van der Waals surface area contributed by atoms with Crippen LogP contribution in [0, 0.1) is 5.82 Å². The number of rotatable bonds is 3. The predicted octanol–water partition coefficient (Wildman–Crippen LogP) is 3.01. The van der Waals surface area contributed by atoms with Crippen molar-refractivity contribution in [3.63, 3.8) is 0 Å². The predicted molar refractivity (Wildman–Crippen MR) is 64.8 cm³/mol. The molecule has 2 atom stereocenters. The fourth-order valence-electron chi connectivity index (χ4n) is 1.38. The molecule has 0 spiro atoms. The zero-order valence-corrected chi connectivity index (χ0v) is 10.6. The van der Waals surface area contributed by atoms with E-state index in [2.05, 4.69) is 10.1 Å². The molecule has 0 radical (unpaired) electrons. The summed E-state index contributed by atoms with van der Waals surface area (Å²) in [5, 5.41) is 13.2. The smallest absolute Gasteiger partial charge is 0.232 e. The van der Waals surface area contributed by atoms with E-state index >= 15 is 0 Å². The van der Waals surface area contributed by atoms with Crippen LogP contribution in [0.4, 0.5) is 4.39 Å². The van der Waals surface area contributed by atoms with Gasteiger partial charge in [0.2, 0.25) is 11.7 Å². The summed E-state index contributed by atoms with van der Waals surface area (Å²) in [5.41, 5.74) is 0.564. The third kappa shape index (κ3) is 2.52. The van der Waals surface area contributed by atoms with Crippen LogP contribution < -0.4 is 0 Å². The lowest BCUT2D eigenvalue weighted by molar-refractivity contribution is 0.151. The first-order chi connectivity index (χ1) is 8.49. The molecule has 1 heterocycles. The molecule has 2 rings (SSSR count). The summed E-state index contributed by atoms with van der Waals surface area (Å²) in [6.07, 6.45) is -0.588. The highest BCUT2D eigenvalue weighted by molar-refractivity contribution is 6.31. The van der Waals surface area contributed by atoms with E-state index in [-0.39, 0.29) is 10.9 Å². The Bertz CT molecular complexity index is 557. The van der Waals surface area contributed by atoms with Gasteiger partial charge in [-0.05, 0) is 25.1 Å². The van der Waals surface area contributed by atoms with Gasteiger partial charge in [0.05, 0.1) is 17.0 Å². The van der Waals surface area contributed by atoms with Gasteiger partial charge in [0.25, 0.3) is 0 Å². The molecular formula is C12H12ClFN2O2. The Morgan fingerprint density at radius 2 is 2.11 bits per heavy atom. The molecule has 0 aliphatic heterocycles. The van der Waals surface area contributed by atoms with Crippen LogP contribution in [0.1, 0.15) is 25.7 Å². The van der Waals surface area contributed by atoms with Gasteiger partial charge in [0, 0.05) is 5.56 Å². The summed E-state index contributed by atoms with van der Waals surface area (Å²) in [7, 11) is 0. The average molecular weight is 271 g/mol. The second kappa shape index (κ2) is 5.04. The molecule has 0 saturated carbocycles. The summed E-state index contributed by atoms with van der Waals surface area (Å²) >= 11 is 5.68. The number of aliphatic hydroxyl groups excluding tert-OH is 1. The number of aromatic nitrogens is 2. The van der Waals surface area contributed by atoms with Crippen molar-refractivity contribution in [1.29, 1.82) is 0 Å². The Kier molecular flexibility index (Phi) is 3.63. The number of halogens is 2. The second-order valence-electron chi connectivity index (χ2n) is 4.11. The highest BCUT2D eigenvalue weighted by Crippen LogP contribution is 2.25. The zero-order valence-electron chi connectivity index (χ0n) is 9.89. The lowest BCUT2D eigenvalue weighted by Crippen LogP contribution is -2.11. The Morgan fingerprint density at radius 3 is 2.72 bits per heavy atom. The third-order valence-corrected chi connectivity index (χ3v) is 3.02. The van der Waals surface area contributed by atoms with Crippen LogP contribution in [-0.2, 0) is 0 Å². The fourth-order valence-corrected chi connectivity index (χ4v) is 1.56. The highest BCUT2D eigenvalue weighted by Gasteiger charge is 2.19.